The van der Waals surface area contributed by atoms with E-state index < -0.39 is 0 Å². The highest BCUT2D eigenvalue weighted by Gasteiger charge is 2.14. The van der Waals surface area contributed by atoms with Gasteiger partial charge in [-0.1, -0.05) is 6.92 Å². The van der Waals surface area contributed by atoms with E-state index in [-0.39, 0.29) is 24.6 Å². The molecule has 19 heavy (non-hydrogen) atoms. The van der Waals surface area contributed by atoms with Gasteiger partial charge in [0.1, 0.15) is 5.75 Å². The number of benzene rings is 1. The maximum Gasteiger partial charge on any atom is 0.319 e. The van der Waals surface area contributed by atoms with Crippen molar-refractivity contribution in [1.29, 1.82) is 0 Å². The molecule has 0 radical (unpaired) electrons. The van der Waals surface area contributed by atoms with Gasteiger partial charge < -0.3 is 20.5 Å². The van der Waals surface area contributed by atoms with E-state index in [1.165, 1.54) is 0 Å². The second kappa shape index (κ2) is 7.35. The van der Waals surface area contributed by atoms with Crippen molar-refractivity contribution < 1.29 is 14.6 Å². The lowest BCUT2D eigenvalue weighted by Crippen LogP contribution is -2.40. The van der Waals surface area contributed by atoms with Gasteiger partial charge in [0.2, 0.25) is 0 Å². The van der Waals surface area contributed by atoms with Crippen LogP contribution in [0, 0.1) is 5.92 Å². The molecule has 0 fully saturated rings. The number of hydrogen-bond donors (Lipinski definition) is 3. The first-order valence-electron chi connectivity index (χ1n) is 5.99. The predicted octanol–water partition coefficient (Wildman–Crippen LogP) is 2.60. The second-order valence-electron chi connectivity index (χ2n) is 4.39. The van der Waals surface area contributed by atoms with Crippen LogP contribution in [0.4, 0.5) is 10.5 Å². The summed E-state index contributed by atoms with van der Waals surface area (Å²) in [6, 6.07) is 4.89. The molecule has 106 valence electrons. The number of aliphatic hydroxyl groups is 1. The average Bonchev–Trinajstić information content (AvgIpc) is 2.40. The molecule has 5 nitrogen and oxygen atoms in total. The van der Waals surface area contributed by atoms with Gasteiger partial charge >= 0.3 is 6.03 Å². The number of methoxy groups -OCH3 is 1. The highest BCUT2D eigenvalue weighted by Crippen LogP contribution is 2.26. The van der Waals surface area contributed by atoms with E-state index in [1.807, 2.05) is 13.8 Å². The quantitative estimate of drug-likeness (QED) is 0.777. The van der Waals surface area contributed by atoms with Crippen LogP contribution in [0.25, 0.3) is 0 Å². The first kappa shape index (κ1) is 15.8. The fraction of sp³-hybridized carbons (Fsp3) is 0.462. The van der Waals surface area contributed by atoms with Crippen molar-refractivity contribution in [1.82, 2.24) is 5.32 Å². The summed E-state index contributed by atoms with van der Waals surface area (Å²) in [5, 5.41) is 14.5. The molecule has 1 aromatic carbocycles. The Balaban J connectivity index is 2.66. The highest BCUT2D eigenvalue weighted by molar-refractivity contribution is 9.10. The zero-order chi connectivity index (χ0) is 14.4. The van der Waals surface area contributed by atoms with E-state index in [2.05, 4.69) is 26.6 Å². The third-order valence-corrected chi connectivity index (χ3v) is 3.61. The van der Waals surface area contributed by atoms with Crippen molar-refractivity contribution in [3.8, 4) is 5.75 Å². The van der Waals surface area contributed by atoms with Gasteiger partial charge in [0.05, 0.1) is 12.8 Å². The summed E-state index contributed by atoms with van der Waals surface area (Å²) < 4.78 is 5.87. The molecule has 0 saturated carbocycles. The minimum atomic E-state index is -0.318. The first-order valence-corrected chi connectivity index (χ1v) is 6.79. The van der Waals surface area contributed by atoms with Gasteiger partial charge in [-0.25, -0.2) is 4.79 Å². The van der Waals surface area contributed by atoms with Crippen LogP contribution in [0.15, 0.2) is 22.7 Å². The van der Waals surface area contributed by atoms with Crippen LogP contribution in [-0.4, -0.2) is 30.9 Å². The number of urea groups is 1. The fourth-order valence-corrected chi connectivity index (χ4v) is 1.74. The number of anilines is 1. The summed E-state index contributed by atoms with van der Waals surface area (Å²) in [6.07, 6.45) is 0. The number of carbonyl (C=O) groups is 1. The smallest absolute Gasteiger partial charge is 0.319 e. The van der Waals surface area contributed by atoms with Crippen LogP contribution in [0.1, 0.15) is 13.8 Å². The Morgan fingerprint density at radius 2 is 2.16 bits per heavy atom. The van der Waals surface area contributed by atoms with E-state index in [0.717, 1.165) is 4.47 Å². The second-order valence-corrected chi connectivity index (χ2v) is 5.25. The molecular weight excluding hydrogens is 312 g/mol. The van der Waals surface area contributed by atoms with Crippen molar-refractivity contribution >= 4 is 27.6 Å². The Morgan fingerprint density at radius 1 is 1.47 bits per heavy atom. The number of ether oxygens (including phenoxy) is 1. The summed E-state index contributed by atoms with van der Waals surface area (Å²) in [5.74, 6) is 0.662. The van der Waals surface area contributed by atoms with Gasteiger partial charge in [-0.3, -0.25) is 0 Å². The summed E-state index contributed by atoms with van der Waals surface area (Å²) in [4.78, 5) is 11.8. The Morgan fingerprint density at radius 3 is 2.74 bits per heavy atom. The summed E-state index contributed by atoms with van der Waals surface area (Å²) in [6.45, 7) is 3.75. The Bertz CT molecular complexity index is 440. The minimum absolute atomic E-state index is 0.000463. The molecule has 0 aliphatic heterocycles. The van der Waals surface area contributed by atoms with Gasteiger partial charge in [0.15, 0.2) is 0 Å². The van der Waals surface area contributed by atoms with E-state index in [4.69, 9.17) is 9.84 Å². The monoisotopic (exact) mass is 330 g/mol. The van der Waals surface area contributed by atoms with Gasteiger partial charge in [0.25, 0.3) is 0 Å². The molecule has 0 aromatic heterocycles. The molecule has 0 spiro atoms. The van der Waals surface area contributed by atoms with Crippen LogP contribution >= 0.6 is 15.9 Å². The lowest BCUT2D eigenvalue weighted by atomic mass is 10.1. The highest BCUT2D eigenvalue weighted by atomic mass is 79.9. The van der Waals surface area contributed by atoms with Crippen LogP contribution < -0.4 is 15.4 Å². The lowest BCUT2D eigenvalue weighted by Gasteiger charge is -2.20. The number of rotatable bonds is 5. The van der Waals surface area contributed by atoms with Gasteiger partial charge in [-0.2, -0.15) is 0 Å². The zero-order valence-electron chi connectivity index (χ0n) is 11.2. The maximum atomic E-state index is 11.8. The van der Waals surface area contributed by atoms with Crippen LogP contribution in [0.2, 0.25) is 0 Å². The zero-order valence-corrected chi connectivity index (χ0v) is 12.8. The molecule has 0 heterocycles. The Hall–Kier alpha value is -1.27. The fourth-order valence-electron chi connectivity index (χ4n) is 1.39. The maximum absolute atomic E-state index is 11.8. The van der Waals surface area contributed by atoms with E-state index >= 15 is 0 Å². The topological polar surface area (TPSA) is 70.6 Å². The molecule has 3 N–H and O–H groups in total. The number of hydrogen-bond acceptors (Lipinski definition) is 3. The molecular formula is C13H19BrN2O3. The van der Waals surface area contributed by atoms with Gasteiger partial charge in [-0.15, -0.1) is 0 Å². The molecule has 6 heteroatoms. The van der Waals surface area contributed by atoms with Crippen LogP contribution in [-0.2, 0) is 0 Å². The van der Waals surface area contributed by atoms with E-state index in [9.17, 15) is 4.79 Å². The Kier molecular flexibility index (Phi) is 6.11. The third-order valence-electron chi connectivity index (χ3n) is 2.92. The number of aliphatic hydroxyl groups excluding tert-OH is 1. The van der Waals surface area contributed by atoms with E-state index in [1.54, 1.807) is 25.3 Å². The summed E-state index contributed by atoms with van der Waals surface area (Å²) >= 11 is 3.36. The van der Waals surface area contributed by atoms with Gasteiger partial charge in [-0.05, 0) is 40.9 Å². The molecule has 2 unspecified atom stereocenters. The summed E-state index contributed by atoms with van der Waals surface area (Å²) in [5.41, 5.74) is 0.626. The molecule has 2 atom stereocenters. The molecule has 0 aliphatic carbocycles. The predicted molar refractivity (Wildman–Crippen MR) is 78.6 cm³/mol. The van der Waals surface area contributed by atoms with Crippen molar-refractivity contribution in [2.45, 2.75) is 19.9 Å². The van der Waals surface area contributed by atoms with Crippen LogP contribution in [0.3, 0.4) is 0 Å². The normalized spacial score (nSPS) is 13.5. The lowest BCUT2D eigenvalue weighted by molar-refractivity contribution is 0.204. The molecule has 0 aliphatic rings. The van der Waals surface area contributed by atoms with Crippen molar-refractivity contribution in [3.63, 3.8) is 0 Å². The van der Waals surface area contributed by atoms with Crippen molar-refractivity contribution in [2.75, 3.05) is 19.0 Å². The van der Waals surface area contributed by atoms with E-state index in [0.29, 0.717) is 11.4 Å². The van der Waals surface area contributed by atoms with Crippen molar-refractivity contribution in [3.05, 3.63) is 22.7 Å². The SMILES string of the molecule is COc1ccc(Br)c(NC(=O)NC(C)C(C)CO)c1. The third kappa shape index (κ3) is 4.72. The summed E-state index contributed by atoms with van der Waals surface area (Å²) in [7, 11) is 1.57. The molecule has 2 amide bonds. The largest absolute Gasteiger partial charge is 0.497 e. The number of amides is 2. The van der Waals surface area contributed by atoms with Gasteiger partial charge in [0, 0.05) is 23.2 Å². The van der Waals surface area contributed by atoms with Crippen LogP contribution in [0.5, 0.6) is 5.75 Å². The molecule has 1 aromatic rings. The van der Waals surface area contributed by atoms with Crippen molar-refractivity contribution in [2.24, 2.45) is 5.92 Å². The number of halogens is 1. The average molecular weight is 331 g/mol. The molecule has 0 bridgehead atoms. The molecule has 1 rings (SSSR count). The molecule has 0 saturated heterocycles. The first-order chi connectivity index (χ1) is 8.97. The minimum Gasteiger partial charge on any atom is -0.497 e. The Labute approximate surface area is 121 Å². The standard InChI is InChI=1S/C13H19BrN2O3/c1-8(7-17)9(2)15-13(18)16-12-6-10(19-3)4-5-11(12)14/h4-6,8-9,17H,7H2,1-3H3,(H2,15,16,18). The number of nitrogens with one attached hydrogen (secondary N) is 2. The number of carbonyl (C=O) groups excluding carboxylic acids is 1.